The van der Waals surface area contributed by atoms with Crippen LogP contribution in [0.5, 0.6) is 0 Å². The van der Waals surface area contributed by atoms with Gasteiger partial charge in [-0.15, -0.1) is 6.58 Å². The van der Waals surface area contributed by atoms with E-state index in [0.29, 0.717) is 0 Å². The zero-order chi connectivity index (χ0) is 21.7. The number of esters is 1. The largest absolute Gasteiger partial charge is 0.460 e. The van der Waals surface area contributed by atoms with Gasteiger partial charge in [0, 0.05) is 5.56 Å². The van der Waals surface area contributed by atoms with Crippen LogP contribution < -0.4 is 0 Å². The molecule has 1 aromatic rings. The van der Waals surface area contributed by atoms with Crippen molar-refractivity contribution in [1.29, 1.82) is 0 Å². The van der Waals surface area contributed by atoms with Gasteiger partial charge in [0.25, 0.3) is 0 Å². The van der Waals surface area contributed by atoms with Gasteiger partial charge in [0.15, 0.2) is 23.3 Å². The second kappa shape index (κ2) is 7.26. The van der Waals surface area contributed by atoms with Gasteiger partial charge in [-0.1, -0.05) is 31.5 Å². The minimum Gasteiger partial charge on any atom is -0.460 e. The lowest BCUT2D eigenvalue weighted by molar-refractivity contribution is -0.251. The van der Waals surface area contributed by atoms with Crippen molar-refractivity contribution in [3.8, 4) is 0 Å². The Labute approximate surface area is 162 Å². The van der Waals surface area contributed by atoms with Crippen LogP contribution in [0.3, 0.4) is 0 Å². The highest BCUT2D eigenvalue weighted by Crippen LogP contribution is 2.74. The van der Waals surface area contributed by atoms with Crippen LogP contribution in [-0.4, -0.2) is 18.1 Å². The maximum absolute atomic E-state index is 14.2. The topological polar surface area (TPSA) is 35.5 Å². The van der Waals surface area contributed by atoms with Gasteiger partial charge < -0.3 is 9.47 Å². The number of hydrogen-bond donors (Lipinski definition) is 0. The van der Waals surface area contributed by atoms with Gasteiger partial charge in [0.1, 0.15) is 18.1 Å². The van der Waals surface area contributed by atoms with Gasteiger partial charge in [-0.2, -0.15) is 8.78 Å². The van der Waals surface area contributed by atoms with Gasteiger partial charge >= 0.3 is 12.1 Å². The Hall–Kier alpha value is -1.74. The summed E-state index contributed by atoms with van der Waals surface area (Å²) in [4.78, 5) is 12.5. The summed E-state index contributed by atoms with van der Waals surface area (Å²) in [6.07, 6.45) is -2.90. The van der Waals surface area contributed by atoms with Crippen LogP contribution in [0, 0.1) is 46.9 Å². The van der Waals surface area contributed by atoms with Gasteiger partial charge in [-0.3, -0.25) is 4.79 Å². The number of benzene rings is 1. The fourth-order valence-electron chi connectivity index (χ4n) is 3.65. The van der Waals surface area contributed by atoms with Crippen molar-refractivity contribution < 1.29 is 40.6 Å². The Kier molecular flexibility index (Phi) is 5.84. The van der Waals surface area contributed by atoms with Crippen LogP contribution in [-0.2, 0) is 20.9 Å². The van der Waals surface area contributed by atoms with E-state index in [9.17, 15) is 31.1 Å². The summed E-state index contributed by atoms with van der Waals surface area (Å²) in [5.41, 5.74) is -5.42. The lowest BCUT2D eigenvalue weighted by Crippen LogP contribution is -2.30. The highest BCUT2D eigenvalue weighted by atomic mass is 35.5. The highest BCUT2D eigenvalue weighted by Gasteiger charge is 2.83. The molecular formula is C18H17ClF6O3. The number of ether oxygens (including phenoxy) is 2. The second-order valence-corrected chi connectivity index (χ2v) is 7.20. The number of alkyl halides is 3. The first kappa shape index (κ1) is 22.5. The molecule has 0 saturated heterocycles. The van der Waals surface area contributed by atoms with Gasteiger partial charge in [-0.05, 0) is 12.3 Å². The van der Waals surface area contributed by atoms with Crippen molar-refractivity contribution in [3.05, 3.63) is 47.1 Å². The molecule has 0 spiro atoms. The SMILES string of the molecule is C=CC1(C(=O)OCc2c(F)c(F)c(C)c(F)c2F)C(C(F)(F)OCCl)C1(C)C. The van der Waals surface area contributed by atoms with Crippen molar-refractivity contribution in [2.24, 2.45) is 16.7 Å². The van der Waals surface area contributed by atoms with Crippen molar-refractivity contribution in [1.82, 2.24) is 0 Å². The fourth-order valence-corrected chi connectivity index (χ4v) is 3.80. The molecule has 2 rings (SSSR count). The maximum Gasteiger partial charge on any atom is 0.361 e. The molecule has 1 saturated carbocycles. The third kappa shape index (κ3) is 3.08. The van der Waals surface area contributed by atoms with Crippen molar-refractivity contribution in [3.63, 3.8) is 0 Å². The number of carbonyl (C=O) groups is 1. The third-order valence-electron chi connectivity index (χ3n) is 5.32. The molecule has 3 nitrogen and oxygen atoms in total. The van der Waals surface area contributed by atoms with Gasteiger partial charge in [0.2, 0.25) is 0 Å². The molecule has 0 radical (unpaired) electrons. The quantitative estimate of drug-likeness (QED) is 0.195. The molecule has 0 aromatic heterocycles. The molecule has 0 bridgehead atoms. The lowest BCUT2D eigenvalue weighted by atomic mass is 9.96. The summed E-state index contributed by atoms with van der Waals surface area (Å²) in [5, 5.41) is 0. The summed E-state index contributed by atoms with van der Waals surface area (Å²) < 4.78 is 92.5. The Morgan fingerprint density at radius 3 is 2.11 bits per heavy atom. The van der Waals surface area contributed by atoms with Crippen LogP contribution in [0.1, 0.15) is 25.0 Å². The first-order valence-corrected chi connectivity index (χ1v) is 8.54. The van der Waals surface area contributed by atoms with E-state index in [1.165, 1.54) is 13.8 Å². The molecule has 28 heavy (non-hydrogen) atoms. The molecule has 2 unspecified atom stereocenters. The predicted octanol–water partition coefficient (Wildman–Crippen LogP) is 5.23. The first-order valence-electron chi connectivity index (χ1n) is 8.01. The van der Waals surface area contributed by atoms with Crippen LogP contribution >= 0.6 is 11.6 Å². The normalized spacial score (nSPS) is 23.4. The van der Waals surface area contributed by atoms with E-state index in [0.717, 1.165) is 13.0 Å². The molecule has 1 aromatic carbocycles. The molecule has 0 aliphatic heterocycles. The standard InChI is InChI=1S/C18H17ClF6O3/c1-5-17(14(16(17,3)4)18(24,25)28-7-19)15(26)27-6-9-12(22)10(20)8(2)11(21)13(9)23/h5,14H,1,6-7H2,2-4H3. The Morgan fingerprint density at radius 2 is 1.68 bits per heavy atom. The van der Waals surface area contributed by atoms with Crippen LogP contribution in [0.4, 0.5) is 26.3 Å². The van der Waals surface area contributed by atoms with Crippen LogP contribution in [0.15, 0.2) is 12.7 Å². The van der Waals surface area contributed by atoms with E-state index >= 15 is 0 Å². The Morgan fingerprint density at radius 1 is 1.18 bits per heavy atom. The average Bonchev–Trinajstić information content (AvgIpc) is 3.15. The third-order valence-corrected chi connectivity index (χ3v) is 5.43. The van der Waals surface area contributed by atoms with E-state index in [-0.39, 0.29) is 0 Å². The zero-order valence-electron chi connectivity index (χ0n) is 15.1. The lowest BCUT2D eigenvalue weighted by Gasteiger charge is -2.19. The smallest absolute Gasteiger partial charge is 0.361 e. The van der Waals surface area contributed by atoms with Crippen molar-refractivity contribution in [2.75, 3.05) is 6.07 Å². The van der Waals surface area contributed by atoms with E-state index < -0.39 is 75.9 Å². The molecule has 156 valence electrons. The number of hydrogen-bond acceptors (Lipinski definition) is 3. The van der Waals surface area contributed by atoms with Gasteiger partial charge in [0.05, 0.1) is 11.5 Å². The van der Waals surface area contributed by atoms with E-state index in [2.05, 4.69) is 11.3 Å². The molecule has 0 heterocycles. The first-order chi connectivity index (χ1) is 12.8. The monoisotopic (exact) mass is 430 g/mol. The number of rotatable bonds is 7. The predicted molar refractivity (Wildman–Crippen MR) is 87.5 cm³/mol. The Balaban J connectivity index is 2.32. The van der Waals surface area contributed by atoms with Gasteiger partial charge in [-0.25, -0.2) is 17.6 Å². The van der Waals surface area contributed by atoms with E-state index in [1.54, 1.807) is 0 Å². The number of halogens is 7. The maximum atomic E-state index is 14.2. The Bertz CT molecular complexity index is 797. The second-order valence-electron chi connectivity index (χ2n) is 6.98. The molecule has 10 heteroatoms. The summed E-state index contributed by atoms with van der Waals surface area (Å²) in [6.45, 7) is 5.64. The summed E-state index contributed by atoms with van der Waals surface area (Å²) >= 11 is 5.19. The molecule has 1 aliphatic rings. The fraction of sp³-hybridized carbons (Fsp3) is 0.500. The highest BCUT2D eigenvalue weighted by molar-refractivity contribution is 6.17. The number of carbonyl (C=O) groups excluding carboxylic acids is 1. The summed E-state index contributed by atoms with van der Waals surface area (Å²) in [5.74, 6) is -9.78. The molecule has 1 fully saturated rings. The minimum atomic E-state index is -3.82. The molecule has 0 N–H and O–H groups in total. The average molecular weight is 431 g/mol. The zero-order valence-corrected chi connectivity index (χ0v) is 15.9. The van der Waals surface area contributed by atoms with Crippen LogP contribution in [0.25, 0.3) is 0 Å². The molecule has 2 atom stereocenters. The summed E-state index contributed by atoms with van der Waals surface area (Å²) in [7, 11) is 0. The van der Waals surface area contributed by atoms with E-state index in [1.807, 2.05) is 0 Å². The van der Waals surface area contributed by atoms with E-state index in [4.69, 9.17) is 16.3 Å². The minimum absolute atomic E-state index is 0.829. The molecular weight excluding hydrogens is 414 g/mol. The van der Waals surface area contributed by atoms with Crippen molar-refractivity contribution >= 4 is 17.6 Å². The van der Waals surface area contributed by atoms with Crippen LogP contribution in [0.2, 0.25) is 0 Å². The van der Waals surface area contributed by atoms with Crippen molar-refractivity contribution in [2.45, 2.75) is 33.5 Å². The molecule has 0 amide bonds. The molecule has 1 aliphatic carbocycles. The summed E-state index contributed by atoms with van der Waals surface area (Å²) in [6, 6.07) is -0.847.